The molecule has 0 aromatic heterocycles. The Hall–Kier alpha value is -1.63. The first-order chi connectivity index (χ1) is 17.1. The van der Waals surface area contributed by atoms with Gasteiger partial charge in [0, 0.05) is 0 Å². The van der Waals surface area contributed by atoms with E-state index >= 15 is 0 Å². The van der Waals surface area contributed by atoms with E-state index in [-0.39, 0.29) is 54.8 Å². The summed E-state index contributed by atoms with van der Waals surface area (Å²) in [6.07, 6.45) is 3.33. The maximum atomic E-state index is 13.1. The zero-order valence-corrected chi connectivity index (χ0v) is 24.9. The molecule has 0 spiro atoms. The second kappa shape index (κ2) is 15.7. The molecule has 7 nitrogen and oxygen atoms in total. The SMILES string of the molecule is CCC(CCC(C(=O)O)C(O)(C(=O)O)C(CCC(CC)C(C)C)(CCC(CC)C(C)C)C(=O)O)C(C)C. The number of carboxylic acid groups (broad SMARTS) is 3. The lowest BCUT2D eigenvalue weighted by Gasteiger charge is -2.46. The third-order valence-corrected chi connectivity index (χ3v) is 9.38. The van der Waals surface area contributed by atoms with Crippen LogP contribution in [-0.4, -0.2) is 43.9 Å². The number of hydrogen-bond acceptors (Lipinski definition) is 4. The predicted molar refractivity (Wildman–Crippen MR) is 147 cm³/mol. The Morgan fingerprint density at radius 1 is 0.595 bits per heavy atom. The van der Waals surface area contributed by atoms with E-state index < -0.39 is 34.8 Å². The molecule has 5 unspecified atom stereocenters. The van der Waals surface area contributed by atoms with Crippen LogP contribution in [0, 0.1) is 46.8 Å². The number of rotatable bonds is 20. The Balaban J connectivity index is 6.90. The Morgan fingerprint density at radius 3 is 1.19 bits per heavy atom. The third kappa shape index (κ3) is 8.69. The summed E-state index contributed by atoms with van der Waals surface area (Å²) >= 11 is 0. The number of hydrogen-bond donors (Lipinski definition) is 4. The van der Waals surface area contributed by atoms with Crippen LogP contribution in [0.5, 0.6) is 0 Å². The first-order valence-electron chi connectivity index (χ1n) is 14.5. The molecule has 0 fully saturated rings. The van der Waals surface area contributed by atoms with Crippen LogP contribution >= 0.6 is 0 Å². The summed E-state index contributed by atoms with van der Waals surface area (Å²) in [4.78, 5) is 38.6. The quantitative estimate of drug-likeness (QED) is 0.134. The van der Waals surface area contributed by atoms with Crippen molar-refractivity contribution in [3.63, 3.8) is 0 Å². The Morgan fingerprint density at radius 2 is 0.946 bits per heavy atom. The minimum atomic E-state index is -2.94. The zero-order chi connectivity index (χ0) is 29.1. The van der Waals surface area contributed by atoms with Crippen molar-refractivity contribution in [1.82, 2.24) is 0 Å². The van der Waals surface area contributed by atoms with Gasteiger partial charge in [0.2, 0.25) is 0 Å². The fraction of sp³-hybridized carbons (Fsp3) is 0.900. The lowest BCUT2D eigenvalue weighted by atomic mass is 9.58. The first kappa shape index (κ1) is 35.4. The molecule has 0 aromatic rings. The molecule has 0 radical (unpaired) electrons. The highest BCUT2D eigenvalue weighted by molar-refractivity contribution is 5.93. The molecule has 4 N–H and O–H groups in total. The van der Waals surface area contributed by atoms with Crippen LogP contribution in [0.4, 0.5) is 0 Å². The van der Waals surface area contributed by atoms with E-state index in [1.54, 1.807) is 0 Å². The van der Waals surface area contributed by atoms with Crippen molar-refractivity contribution in [2.45, 2.75) is 126 Å². The van der Waals surface area contributed by atoms with Crippen molar-refractivity contribution in [3.8, 4) is 0 Å². The molecule has 0 aromatic carbocycles. The minimum absolute atomic E-state index is 0.0818. The monoisotopic (exact) mass is 528 g/mol. The summed E-state index contributed by atoms with van der Waals surface area (Å²) in [6.45, 7) is 18.3. The van der Waals surface area contributed by atoms with Gasteiger partial charge in [-0.15, -0.1) is 0 Å². The summed E-state index contributed by atoms with van der Waals surface area (Å²) in [5, 5.41) is 43.4. The maximum Gasteiger partial charge on any atom is 0.337 e. The average molecular weight is 529 g/mol. The normalized spacial score (nSPS) is 18.7. The number of carboxylic acids is 3. The number of carbonyl (C=O) groups is 3. The lowest BCUT2D eigenvalue weighted by Crippen LogP contribution is -2.64. The molecule has 0 rings (SSSR count). The van der Waals surface area contributed by atoms with Gasteiger partial charge in [-0.3, -0.25) is 9.59 Å². The van der Waals surface area contributed by atoms with Gasteiger partial charge in [-0.25, -0.2) is 4.79 Å². The van der Waals surface area contributed by atoms with Crippen LogP contribution in [-0.2, 0) is 14.4 Å². The average Bonchev–Trinajstić information content (AvgIpc) is 2.79. The zero-order valence-electron chi connectivity index (χ0n) is 24.9. The van der Waals surface area contributed by atoms with Crippen LogP contribution in [0.25, 0.3) is 0 Å². The van der Waals surface area contributed by atoms with E-state index in [0.29, 0.717) is 19.3 Å². The van der Waals surface area contributed by atoms with Gasteiger partial charge in [-0.1, -0.05) is 81.6 Å². The molecule has 0 aliphatic carbocycles. The second-order valence-electron chi connectivity index (χ2n) is 12.2. The van der Waals surface area contributed by atoms with E-state index in [2.05, 4.69) is 0 Å². The maximum absolute atomic E-state index is 13.1. The molecular formula is C30H56O7. The predicted octanol–water partition coefficient (Wildman–Crippen LogP) is 6.96. The molecule has 0 amide bonds. The van der Waals surface area contributed by atoms with Gasteiger partial charge in [0.1, 0.15) is 5.41 Å². The van der Waals surface area contributed by atoms with Gasteiger partial charge < -0.3 is 20.4 Å². The van der Waals surface area contributed by atoms with E-state index in [4.69, 9.17) is 0 Å². The second-order valence-corrected chi connectivity index (χ2v) is 12.2. The topological polar surface area (TPSA) is 132 Å². The molecule has 218 valence electrons. The van der Waals surface area contributed by atoms with Crippen LogP contribution in [0.3, 0.4) is 0 Å². The smallest absolute Gasteiger partial charge is 0.337 e. The standard InChI is InChI=1S/C30H56O7/c1-10-22(19(4)5)13-14-25(26(31)32)30(37,28(35)36)29(27(33)34,17-15-23(11-2)20(6)7)18-16-24(12-3)21(8)9/h19-25,37H,10-18H2,1-9H3,(H,31,32)(H,33,34)(H,35,36). The number of aliphatic carboxylic acids is 3. The highest BCUT2D eigenvalue weighted by atomic mass is 16.4. The molecule has 0 bridgehead atoms. The third-order valence-electron chi connectivity index (χ3n) is 9.38. The van der Waals surface area contributed by atoms with Crippen molar-refractivity contribution < 1.29 is 34.8 Å². The molecular weight excluding hydrogens is 472 g/mol. The molecule has 0 saturated heterocycles. The summed E-state index contributed by atoms with van der Waals surface area (Å²) < 4.78 is 0. The molecule has 0 saturated carbocycles. The molecule has 7 heteroatoms. The van der Waals surface area contributed by atoms with Crippen molar-refractivity contribution in [2.24, 2.45) is 46.8 Å². The van der Waals surface area contributed by atoms with E-state index in [9.17, 15) is 34.8 Å². The summed E-state index contributed by atoms with van der Waals surface area (Å²) in [6, 6.07) is 0. The number of aliphatic hydroxyl groups is 1. The summed E-state index contributed by atoms with van der Waals surface area (Å²) in [7, 11) is 0. The van der Waals surface area contributed by atoms with Gasteiger partial charge in [-0.05, 0) is 74.0 Å². The molecule has 0 aliphatic rings. The van der Waals surface area contributed by atoms with Gasteiger partial charge in [0.25, 0.3) is 0 Å². The summed E-state index contributed by atoms with van der Waals surface area (Å²) in [5.74, 6) is -5.18. The van der Waals surface area contributed by atoms with Crippen LogP contribution in [0.1, 0.15) is 120 Å². The molecule has 0 heterocycles. The fourth-order valence-corrected chi connectivity index (χ4v) is 6.35. The molecule has 5 atom stereocenters. The Bertz CT molecular complexity index is 695. The highest BCUT2D eigenvalue weighted by Gasteiger charge is 2.65. The largest absolute Gasteiger partial charge is 0.481 e. The van der Waals surface area contributed by atoms with E-state index in [1.807, 2.05) is 62.3 Å². The molecule has 37 heavy (non-hydrogen) atoms. The van der Waals surface area contributed by atoms with Crippen LogP contribution in [0.2, 0.25) is 0 Å². The van der Waals surface area contributed by atoms with Crippen molar-refractivity contribution in [1.29, 1.82) is 0 Å². The van der Waals surface area contributed by atoms with Crippen molar-refractivity contribution in [3.05, 3.63) is 0 Å². The molecule has 0 aliphatic heterocycles. The Labute approximate surface area is 225 Å². The van der Waals surface area contributed by atoms with Crippen LogP contribution < -0.4 is 0 Å². The summed E-state index contributed by atoms with van der Waals surface area (Å²) in [5.41, 5.74) is -5.06. The first-order valence-corrected chi connectivity index (χ1v) is 14.5. The minimum Gasteiger partial charge on any atom is -0.481 e. The highest BCUT2D eigenvalue weighted by Crippen LogP contribution is 2.50. The van der Waals surface area contributed by atoms with Gasteiger partial charge in [-0.2, -0.15) is 0 Å². The van der Waals surface area contributed by atoms with E-state index in [1.165, 1.54) is 0 Å². The van der Waals surface area contributed by atoms with Gasteiger partial charge >= 0.3 is 17.9 Å². The fourth-order valence-electron chi connectivity index (χ4n) is 6.35. The Kier molecular flexibility index (Phi) is 15.0. The lowest BCUT2D eigenvalue weighted by molar-refractivity contribution is -0.208. The van der Waals surface area contributed by atoms with Gasteiger partial charge in [0.15, 0.2) is 5.60 Å². The van der Waals surface area contributed by atoms with Crippen molar-refractivity contribution in [2.75, 3.05) is 0 Å². The van der Waals surface area contributed by atoms with E-state index in [0.717, 1.165) is 19.3 Å². The van der Waals surface area contributed by atoms with Gasteiger partial charge in [0.05, 0.1) is 5.92 Å². The van der Waals surface area contributed by atoms with Crippen LogP contribution in [0.15, 0.2) is 0 Å². The van der Waals surface area contributed by atoms with Crippen molar-refractivity contribution >= 4 is 17.9 Å².